The van der Waals surface area contributed by atoms with E-state index in [9.17, 15) is 28.3 Å². The van der Waals surface area contributed by atoms with Crippen molar-refractivity contribution in [3.63, 3.8) is 0 Å². The number of likely N-dealkylation sites (tertiary alicyclic amines) is 1. The number of carboxylic acids is 1. The fraction of sp³-hybridized carbons (Fsp3) is 0.607. The minimum Gasteiger partial charge on any atom is -0.487 e. The Morgan fingerprint density at radius 2 is 2.07 bits per heavy atom. The highest BCUT2D eigenvalue weighted by Gasteiger charge is 2.51. The Bertz CT molecular complexity index is 1370. The number of hydrogen-bond donors (Lipinski definition) is 1. The van der Waals surface area contributed by atoms with Crippen molar-refractivity contribution in [2.45, 2.75) is 65.0 Å². The number of aliphatic carboxylic acids is 1. The topological polar surface area (TPSA) is 118 Å². The molecule has 2 aromatic rings. The molecule has 2 aliphatic heterocycles. The lowest BCUT2D eigenvalue weighted by Gasteiger charge is -2.42. The van der Waals surface area contributed by atoms with Crippen molar-refractivity contribution >= 4 is 29.4 Å². The molecule has 1 saturated carbocycles. The highest BCUT2D eigenvalue weighted by molar-refractivity contribution is 6.31. The number of carbonyl (C=O) groups excluding carboxylic acids is 2. The van der Waals surface area contributed by atoms with Gasteiger partial charge in [0.25, 0.3) is 6.43 Å². The Hall–Kier alpha value is -3.28. The van der Waals surface area contributed by atoms with Crippen molar-refractivity contribution < 1.29 is 33.0 Å². The zero-order chi connectivity index (χ0) is 29.6. The summed E-state index contributed by atoms with van der Waals surface area (Å²) < 4.78 is 34.4. The Kier molecular flexibility index (Phi) is 7.97. The Labute approximate surface area is 241 Å². The number of aryl methyl sites for hydroxylation is 1. The van der Waals surface area contributed by atoms with E-state index in [1.54, 1.807) is 28.9 Å². The summed E-state index contributed by atoms with van der Waals surface area (Å²) >= 11 is 6.63. The molecule has 2 amide bonds. The summed E-state index contributed by atoms with van der Waals surface area (Å²) in [4.78, 5) is 42.6. The molecule has 4 atom stereocenters. The summed E-state index contributed by atoms with van der Waals surface area (Å²) in [7, 11) is 1.38. The first-order valence-electron chi connectivity index (χ1n) is 13.8. The van der Waals surface area contributed by atoms with Crippen molar-refractivity contribution in [2.24, 2.45) is 24.3 Å². The number of amides is 2. The number of alkyl halides is 2. The van der Waals surface area contributed by atoms with Crippen LogP contribution in [0.4, 0.5) is 8.78 Å². The van der Waals surface area contributed by atoms with Gasteiger partial charge >= 0.3 is 5.97 Å². The molecular weight excluding hydrogens is 560 g/mol. The zero-order valence-corrected chi connectivity index (χ0v) is 24.0. The number of carbonyl (C=O) groups is 3. The van der Waals surface area contributed by atoms with Crippen LogP contribution in [0, 0.1) is 17.3 Å². The lowest BCUT2D eigenvalue weighted by Crippen LogP contribution is -2.50. The van der Waals surface area contributed by atoms with E-state index in [2.05, 4.69) is 10.3 Å². The Morgan fingerprint density at radius 1 is 1.32 bits per heavy atom. The number of benzene rings is 1. The van der Waals surface area contributed by atoms with Crippen LogP contribution in [0.3, 0.4) is 0 Å². The van der Waals surface area contributed by atoms with Gasteiger partial charge in [0.1, 0.15) is 23.7 Å². The fourth-order valence-electron chi connectivity index (χ4n) is 6.66. The van der Waals surface area contributed by atoms with Gasteiger partial charge in [-0.15, -0.1) is 5.10 Å². The third-order valence-electron chi connectivity index (χ3n) is 8.92. The second kappa shape index (κ2) is 11.2. The normalized spacial score (nSPS) is 26.1. The summed E-state index contributed by atoms with van der Waals surface area (Å²) in [6, 6.07) is 2.63. The number of aromatic nitrogens is 3. The van der Waals surface area contributed by atoms with Crippen LogP contribution in [-0.4, -0.2) is 67.3 Å². The van der Waals surface area contributed by atoms with E-state index < -0.39 is 29.8 Å². The molecule has 3 aliphatic rings. The Balaban J connectivity index is 1.54. The first-order valence-corrected chi connectivity index (χ1v) is 14.2. The second-order valence-electron chi connectivity index (χ2n) is 11.6. The molecule has 1 N–H and O–H groups in total. The maximum absolute atomic E-state index is 14.1. The third kappa shape index (κ3) is 5.26. The standard InChI is InChI=1S/C28H34ClF2N5O5/c1-15-11-22(37)35(12-15)13-20-23-16(8-10-36(20)26(38)17-5-4-9-28(17,2)27(39)40)18(29)6-7-21(23)41-14-19-24(25(30)31)34(3)33-32-19/h6-7,15,17,20,25H,4-5,8-14H2,1-3H3,(H,39,40)/t15-,17?,20+,28+/m0/s1. The van der Waals surface area contributed by atoms with E-state index in [4.69, 9.17) is 16.3 Å². The zero-order valence-electron chi connectivity index (χ0n) is 23.3. The third-order valence-corrected chi connectivity index (χ3v) is 9.27. The molecular formula is C28H34ClF2N5O5. The summed E-state index contributed by atoms with van der Waals surface area (Å²) in [6.07, 6.45) is -0.523. The number of halogens is 3. The van der Waals surface area contributed by atoms with Crippen molar-refractivity contribution in [1.29, 1.82) is 0 Å². The molecule has 0 bridgehead atoms. The maximum Gasteiger partial charge on any atom is 0.310 e. The van der Waals surface area contributed by atoms with Crippen LogP contribution in [0.5, 0.6) is 5.75 Å². The van der Waals surface area contributed by atoms with Gasteiger partial charge in [-0.3, -0.25) is 14.4 Å². The highest BCUT2D eigenvalue weighted by Crippen LogP contribution is 2.47. The molecule has 10 nitrogen and oxygen atoms in total. The van der Waals surface area contributed by atoms with Gasteiger partial charge in [0, 0.05) is 43.7 Å². The number of hydrogen-bond acceptors (Lipinski definition) is 6. The molecule has 2 fully saturated rings. The average molecular weight is 594 g/mol. The number of fused-ring (bicyclic) bond motifs is 1. The first-order chi connectivity index (χ1) is 19.4. The molecule has 1 unspecified atom stereocenters. The molecule has 13 heteroatoms. The van der Waals surface area contributed by atoms with Crippen molar-refractivity contribution in [1.82, 2.24) is 24.8 Å². The van der Waals surface area contributed by atoms with Crippen LogP contribution in [0.25, 0.3) is 0 Å². The summed E-state index contributed by atoms with van der Waals surface area (Å²) in [6.45, 7) is 4.32. The van der Waals surface area contributed by atoms with Gasteiger partial charge < -0.3 is 19.6 Å². The van der Waals surface area contributed by atoms with Crippen LogP contribution >= 0.6 is 11.6 Å². The molecule has 1 aromatic heterocycles. The van der Waals surface area contributed by atoms with Gasteiger partial charge in [-0.1, -0.05) is 30.2 Å². The molecule has 1 aromatic carbocycles. The van der Waals surface area contributed by atoms with Crippen molar-refractivity contribution in [3.8, 4) is 5.75 Å². The van der Waals surface area contributed by atoms with Gasteiger partial charge in [0.05, 0.1) is 17.4 Å². The quantitative estimate of drug-likeness (QED) is 0.488. The minimum absolute atomic E-state index is 0.0155. The van der Waals surface area contributed by atoms with Gasteiger partial charge in [-0.25, -0.2) is 13.5 Å². The molecule has 3 heterocycles. The number of rotatable bonds is 8. The molecule has 5 rings (SSSR count). The average Bonchev–Trinajstić information content (AvgIpc) is 3.59. The van der Waals surface area contributed by atoms with Crippen LogP contribution in [0.1, 0.15) is 74.5 Å². The Morgan fingerprint density at radius 3 is 2.73 bits per heavy atom. The van der Waals surface area contributed by atoms with E-state index in [-0.39, 0.29) is 42.3 Å². The number of nitrogens with zero attached hydrogens (tertiary/aromatic N) is 5. The fourth-order valence-corrected chi connectivity index (χ4v) is 6.92. The number of ether oxygens (including phenoxy) is 1. The predicted molar refractivity (Wildman–Crippen MR) is 143 cm³/mol. The summed E-state index contributed by atoms with van der Waals surface area (Å²) in [5, 5.41) is 18.0. The molecule has 1 saturated heterocycles. The van der Waals surface area contributed by atoms with Crippen LogP contribution in [0.2, 0.25) is 5.02 Å². The summed E-state index contributed by atoms with van der Waals surface area (Å²) in [5.41, 5.74) is -0.212. The van der Waals surface area contributed by atoms with E-state index >= 15 is 0 Å². The van der Waals surface area contributed by atoms with Crippen molar-refractivity contribution in [3.05, 3.63) is 39.7 Å². The van der Waals surface area contributed by atoms with Gasteiger partial charge in [-0.05, 0) is 49.8 Å². The molecule has 222 valence electrons. The van der Waals surface area contributed by atoms with E-state index in [1.165, 1.54) is 7.05 Å². The molecule has 1 aliphatic carbocycles. The lowest BCUT2D eigenvalue weighted by molar-refractivity contribution is -0.157. The largest absolute Gasteiger partial charge is 0.487 e. The molecule has 41 heavy (non-hydrogen) atoms. The van der Waals surface area contributed by atoms with E-state index in [0.717, 1.165) is 10.2 Å². The summed E-state index contributed by atoms with van der Waals surface area (Å²) in [5.74, 6) is -1.53. The van der Waals surface area contributed by atoms with Crippen LogP contribution < -0.4 is 4.74 Å². The maximum atomic E-state index is 14.1. The SMILES string of the molecule is C[C@H]1CC(=O)N(C[C@@H]2c3c(OCc4nnn(C)c4C(F)F)ccc(Cl)c3CCN2C(=O)C2CCC[C@@]2(C)C(=O)O)C1. The first kappa shape index (κ1) is 29.2. The molecule has 0 spiro atoms. The van der Waals surface area contributed by atoms with Crippen molar-refractivity contribution in [2.75, 3.05) is 19.6 Å². The van der Waals surface area contributed by atoms with Gasteiger partial charge in [0.2, 0.25) is 11.8 Å². The predicted octanol–water partition coefficient (Wildman–Crippen LogP) is 4.17. The van der Waals surface area contributed by atoms with Gasteiger partial charge in [-0.2, -0.15) is 0 Å². The van der Waals surface area contributed by atoms with Crippen LogP contribution in [-0.2, 0) is 34.5 Å². The van der Waals surface area contributed by atoms with Gasteiger partial charge in [0.15, 0.2) is 0 Å². The smallest absolute Gasteiger partial charge is 0.310 e. The number of carboxylic acid groups (broad SMARTS) is 1. The highest BCUT2D eigenvalue weighted by atomic mass is 35.5. The van der Waals surface area contributed by atoms with E-state index in [0.29, 0.717) is 61.5 Å². The monoisotopic (exact) mass is 593 g/mol. The van der Waals surface area contributed by atoms with E-state index in [1.807, 2.05) is 6.92 Å². The second-order valence-corrected chi connectivity index (χ2v) is 12.1. The lowest BCUT2D eigenvalue weighted by atomic mass is 9.78. The minimum atomic E-state index is -2.80. The molecule has 0 radical (unpaired) electrons. The van der Waals surface area contributed by atoms with Crippen LogP contribution in [0.15, 0.2) is 12.1 Å².